The number of nitrogens with zero attached hydrogens (tertiary/aromatic N) is 1. The topological polar surface area (TPSA) is 77.5 Å². The molecule has 0 aliphatic heterocycles. The first kappa shape index (κ1) is 17.5. The van der Waals surface area contributed by atoms with E-state index in [1.54, 1.807) is 13.2 Å². The first-order valence-corrected chi connectivity index (χ1v) is 7.52. The molecule has 24 heavy (non-hydrogen) atoms. The highest BCUT2D eigenvalue weighted by atomic mass is 16.5. The molecule has 2 rings (SSSR count). The van der Waals surface area contributed by atoms with E-state index in [9.17, 15) is 9.59 Å². The van der Waals surface area contributed by atoms with E-state index < -0.39 is 5.97 Å². The van der Waals surface area contributed by atoms with Crippen molar-refractivity contribution in [3.8, 4) is 5.75 Å². The molecule has 0 spiro atoms. The largest absolute Gasteiger partial charge is 0.496 e. The van der Waals surface area contributed by atoms with Gasteiger partial charge in [-0.15, -0.1) is 0 Å². The molecule has 0 bridgehead atoms. The molecular formula is C18H20N2O4. The van der Waals surface area contributed by atoms with Gasteiger partial charge in [-0.1, -0.05) is 25.1 Å². The van der Waals surface area contributed by atoms with Crippen LogP contribution >= 0.6 is 0 Å². The van der Waals surface area contributed by atoms with Crippen molar-refractivity contribution in [2.75, 3.05) is 19.5 Å². The van der Waals surface area contributed by atoms with Crippen LogP contribution in [0.5, 0.6) is 5.75 Å². The monoisotopic (exact) mass is 328 g/mol. The molecule has 1 heterocycles. The molecular weight excluding hydrogens is 308 g/mol. The molecule has 0 aliphatic rings. The summed E-state index contributed by atoms with van der Waals surface area (Å²) in [5, 5.41) is 2.77. The Bertz CT molecular complexity index is 713. The van der Waals surface area contributed by atoms with Crippen molar-refractivity contribution in [1.82, 2.24) is 4.98 Å². The van der Waals surface area contributed by atoms with Gasteiger partial charge in [0, 0.05) is 6.42 Å². The highest BCUT2D eigenvalue weighted by molar-refractivity contribution is 5.92. The Labute approximate surface area is 140 Å². The van der Waals surface area contributed by atoms with E-state index in [1.807, 2.05) is 31.2 Å². The number of hydrogen-bond acceptors (Lipinski definition) is 5. The Morgan fingerprint density at radius 3 is 2.54 bits per heavy atom. The molecule has 6 heteroatoms. The van der Waals surface area contributed by atoms with E-state index in [-0.39, 0.29) is 17.5 Å². The van der Waals surface area contributed by atoms with Crippen LogP contribution in [-0.4, -0.2) is 31.1 Å². The highest BCUT2D eigenvalue weighted by Crippen LogP contribution is 2.28. The summed E-state index contributed by atoms with van der Waals surface area (Å²) in [6, 6.07) is 10.8. The molecule has 0 aliphatic carbocycles. The van der Waals surface area contributed by atoms with Crippen LogP contribution in [0.3, 0.4) is 0 Å². The quantitative estimate of drug-likeness (QED) is 0.825. The molecule has 126 valence electrons. The van der Waals surface area contributed by atoms with E-state index in [2.05, 4.69) is 15.0 Å². The Morgan fingerprint density at radius 1 is 1.17 bits per heavy atom. The molecule has 2 aromatic rings. The third-order valence-electron chi connectivity index (χ3n) is 3.60. The summed E-state index contributed by atoms with van der Waals surface area (Å²) in [4.78, 5) is 27.5. The summed E-state index contributed by atoms with van der Waals surface area (Å²) in [5.41, 5.74) is 1.70. The van der Waals surface area contributed by atoms with Crippen LogP contribution in [0.2, 0.25) is 0 Å². The number of anilines is 1. The number of hydrogen-bond donors (Lipinski definition) is 1. The second-order valence-corrected chi connectivity index (χ2v) is 5.32. The summed E-state index contributed by atoms with van der Waals surface area (Å²) in [5.74, 6) is 0.115. The second-order valence-electron chi connectivity index (χ2n) is 5.32. The number of methoxy groups -OCH3 is 2. The lowest BCUT2D eigenvalue weighted by Crippen LogP contribution is -2.15. The smallest absolute Gasteiger partial charge is 0.356 e. The average Bonchev–Trinajstić information content (AvgIpc) is 2.61. The Kier molecular flexibility index (Phi) is 5.89. The number of rotatable bonds is 6. The van der Waals surface area contributed by atoms with Crippen LogP contribution in [0.15, 0.2) is 42.6 Å². The van der Waals surface area contributed by atoms with E-state index in [0.717, 1.165) is 11.3 Å². The lowest BCUT2D eigenvalue weighted by atomic mass is 9.96. The second kappa shape index (κ2) is 8.10. The summed E-state index contributed by atoms with van der Waals surface area (Å²) >= 11 is 0. The minimum Gasteiger partial charge on any atom is -0.496 e. The van der Waals surface area contributed by atoms with Gasteiger partial charge in [-0.3, -0.25) is 4.79 Å². The highest BCUT2D eigenvalue weighted by Gasteiger charge is 2.15. The first-order chi connectivity index (χ1) is 11.5. The first-order valence-electron chi connectivity index (χ1n) is 7.52. The molecule has 0 fully saturated rings. The Morgan fingerprint density at radius 2 is 1.92 bits per heavy atom. The van der Waals surface area contributed by atoms with Gasteiger partial charge in [-0.25, -0.2) is 9.78 Å². The molecule has 0 saturated carbocycles. The molecule has 1 N–H and O–H groups in total. The van der Waals surface area contributed by atoms with Gasteiger partial charge in [0.2, 0.25) is 5.91 Å². The number of amides is 1. The Balaban J connectivity index is 1.99. The maximum atomic E-state index is 12.2. The van der Waals surface area contributed by atoms with Crippen LogP contribution in [0, 0.1) is 0 Å². The van der Waals surface area contributed by atoms with Crippen molar-refractivity contribution in [2.24, 2.45) is 0 Å². The fraction of sp³-hybridized carbons (Fsp3) is 0.278. The van der Waals surface area contributed by atoms with E-state index in [4.69, 9.17) is 4.74 Å². The summed E-state index contributed by atoms with van der Waals surface area (Å²) in [7, 11) is 2.90. The number of nitrogens with one attached hydrogen (secondary N) is 1. The maximum absolute atomic E-state index is 12.2. The summed E-state index contributed by atoms with van der Waals surface area (Å²) < 4.78 is 9.91. The number of benzene rings is 1. The zero-order valence-electron chi connectivity index (χ0n) is 13.9. The summed E-state index contributed by atoms with van der Waals surface area (Å²) in [6.45, 7) is 1.97. The minimum absolute atomic E-state index is 0.00320. The summed E-state index contributed by atoms with van der Waals surface area (Å²) in [6.07, 6.45) is 1.73. The van der Waals surface area contributed by atoms with Gasteiger partial charge in [0.15, 0.2) is 0 Å². The molecule has 1 aromatic heterocycles. The van der Waals surface area contributed by atoms with Crippen molar-refractivity contribution < 1.29 is 19.1 Å². The van der Waals surface area contributed by atoms with Gasteiger partial charge >= 0.3 is 5.97 Å². The minimum atomic E-state index is -0.516. The van der Waals surface area contributed by atoms with Gasteiger partial charge in [-0.2, -0.15) is 0 Å². The number of para-hydroxylation sites is 1. The van der Waals surface area contributed by atoms with Gasteiger partial charge in [-0.05, 0) is 29.7 Å². The Hall–Kier alpha value is -2.89. The zero-order valence-corrected chi connectivity index (χ0v) is 13.9. The number of aromatic nitrogens is 1. The molecule has 6 nitrogen and oxygen atoms in total. The lowest BCUT2D eigenvalue weighted by Gasteiger charge is -2.15. The van der Waals surface area contributed by atoms with Gasteiger partial charge in [0.1, 0.15) is 11.4 Å². The fourth-order valence-corrected chi connectivity index (χ4v) is 2.37. The third-order valence-corrected chi connectivity index (χ3v) is 3.60. The molecule has 1 aromatic carbocycles. The number of ether oxygens (including phenoxy) is 2. The molecule has 1 unspecified atom stereocenters. The van der Waals surface area contributed by atoms with E-state index in [1.165, 1.54) is 19.4 Å². The van der Waals surface area contributed by atoms with Crippen molar-refractivity contribution in [1.29, 1.82) is 0 Å². The number of carbonyl (C=O) groups excluding carboxylic acids is 2. The third kappa shape index (κ3) is 4.32. The normalized spacial score (nSPS) is 11.5. The average molecular weight is 328 g/mol. The zero-order chi connectivity index (χ0) is 17.5. The van der Waals surface area contributed by atoms with Gasteiger partial charge in [0.05, 0.1) is 26.1 Å². The maximum Gasteiger partial charge on any atom is 0.356 e. The van der Waals surface area contributed by atoms with Crippen molar-refractivity contribution >= 4 is 17.6 Å². The van der Waals surface area contributed by atoms with Crippen LogP contribution < -0.4 is 10.1 Å². The van der Waals surface area contributed by atoms with Crippen LogP contribution in [-0.2, 0) is 9.53 Å². The van der Waals surface area contributed by atoms with Crippen LogP contribution in [0.1, 0.15) is 35.3 Å². The number of carbonyl (C=O) groups is 2. The lowest BCUT2D eigenvalue weighted by molar-refractivity contribution is -0.116. The van der Waals surface area contributed by atoms with E-state index >= 15 is 0 Å². The predicted octanol–water partition coefficient (Wildman–Crippen LogP) is 3.01. The van der Waals surface area contributed by atoms with Crippen molar-refractivity contribution in [3.05, 3.63) is 53.9 Å². The number of esters is 1. The van der Waals surface area contributed by atoms with Crippen molar-refractivity contribution in [3.63, 3.8) is 0 Å². The van der Waals surface area contributed by atoms with Crippen LogP contribution in [0.4, 0.5) is 5.69 Å². The predicted molar refractivity (Wildman–Crippen MR) is 90.2 cm³/mol. The molecule has 0 saturated heterocycles. The standard InChI is InChI=1S/C18H20N2O4/c1-12(14-6-4-5-7-16(14)23-2)10-17(21)20-13-8-9-15(19-11-13)18(22)24-3/h4-9,11-12H,10H2,1-3H3,(H,20,21). The molecule has 0 radical (unpaired) electrons. The SMILES string of the molecule is COC(=O)c1ccc(NC(=O)CC(C)c2ccccc2OC)cn1. The molecule has 1 amide bonds. The number of pyridine rings is 1. The molecule has 1 atom stereocenters. The van der Waals surface area contributed by atoms with Gasteiger partial charge < -0.3 is 14.8 Å². The van der Waals surface area contributed by atoms with Crippen LogP contribution in [0.25, 0.3) is 0 Å². The van der Waals surface area contributed by atoms with Gasteiger partial charge in [0.25, 0.3) is 0 Å². The van der Waals surface area contributed by atoms with E-state index in [0.29, 0.717) is 12.1 Å². The van der Waals surface area contributed by atoms with Crippen molar-refractivity contribution in [2.45, 2.75) is 19.3 Å². The fourth-order valence-electron chi connectivity index (χ4n) is 2.37.